The average molecular weight is 421 g/mol. The van der Waals surface area contributed by atoms with Gasteiger partial charge in [0.25, 0.3) is 11.6 Å². The third-order valence-corrected chi connectivity index (χ3v) is 4.79. The Hall–Kier alpha value is -3.89. The standard InChI is InChI=1S/C22H17ClN4O3/c1-14-10-16(15(2)26(14)20-4-3-5-21(12-20)27(29)30)11-17(13-24)22(28)25-19-8-6-18(23)7-9-19/h3-12H,1-2H3,(H,25,28)/b17-11+. The molecule has 1 amide bonds. The highest BCUT2D eigenvalue weighted by atomic mass is 35.5. The summed E-state index contributed by atoms with van der Waals surface area (Å²) < 4.78 is 1.84. The summed E-state index contributed by atoms with van der Waals surface area (Å²) >= 11 is 5.84. The lowest BCUT2D eigenvalue weighted by Gasteiger charge is -2.09. The van der Waals surface area contributed by atoms with Crippen LogP contribution in [0, 0.1) is 35.3 Å². The Balaban J connectivity index is 1.94. The molecule has 2 aromatic carbocycles. The minimum atomic E-state index is -0.542. The van der Waals surface area contributed by atoms with Crippen molar-refractivity contribution < 1.29 is 9.72 Å². The number of nitro groups is 1. The zero-order valence-corrected chi connectivity index (χ0v) is 17.0. The van der Waals surface area contributed by atoms with Crippen molar-refractivity contribution in [3.8, 4) is 11.8 Å². The molecule has 30 heavy (non-hydrogen) atoms. The molecule has 3 aromatic rings. The van der Waals surface area contributed by atoms with Gasteiger partial charge in [-0.3, -0.25) is 14.9 Å². The lowest BCUT2D eigenvalue weighted by atomic mass is 10.1. The Labute approximate surface area is 178 Å². The monoisotopic (exact) mass is 420 g/mol. The molecule has 8 heteroatoms. The van der Waals surface area contributed by atoms with Crippen LogP contribution in [-0.2, 0) is 4.79 Å². The number of non-ortho nitro benzene ring substituents is 1. The molecule has 0 saturated carbocycles. The number of nitrogens with zero attached hydrogens (tertiary/aromatic N) is 3. The maximum absolute atomic E-state index is 12.5. The number of halogens is 1. The molecule has 150 valence electrons. The third kappa shape index (κ3) is 4.40. The molecule has 3 rings (SSSR count). The molecule has 1 heterocycles. The van der Waals surface area contributed by atoms with Crippen LogP contribution >= 0.6 is 11.6 Å². The molecule has 0 radical (unpaired) electrons. The number of aryl methyl sites for hydroxylation is 1. The molecule has 0 fully saturated rings. The van der Waals surface area contributed by atoms with Crippen LogP contribution in [-0.4, -0.2) is 15.4 Å². The quantitative estimate of drug-likeness (QED) is 0.265. The smallest absolute Gasteiger partial charge is 0.271 e. The number of anilines is 1. The molecule has 0 aliphatic rings. The summed E-state index contributed by atoms with van der Waals surface area (Å²) in [6.45, 7) is 3.67. The van der Waals surface area contributed by atoms with E-state index >= 15 is 0 Å². The van der Waals surface area contributed by atoms with Crippen LogP contribution in [0.4, 0.5) is 11.4 Å². The molecular weight excluding hydrogens is 404 g/mol. The largest absolute Gasteiger partial charge is 0.321 e. The number of nitrogens with one attached hydrogen (secondary N) is 1. The van der Waals surface area contributed by atoms with Gasteiger partial charge >= 0.3 is 0 Å². The molecule has 0 aliphatic carbocycles. The van der Waals surface area contributed by atoms with Gasteiger partial charge in [0, 0.05) is 34.2 Å². The normalized spacial score (nSPS) is 11.1. The maximum atomic E-state index is 12.5. The fourth-order valence-corrected chi connectivity index (χ4v) is 3.24. The van der Waals surface area contributed by atoms with Crippen molar-refractivity contribution in [3.05, 3.63) is 92.3 Å². The fraction of sp³-hybridized carbons (Fsp3) is 0.0909. The number of carbonyl (C=O) groups excluding carboxylic acids is 1. The SMILES string of the molecule is Cc1cc(/C=C(\C#N)C(=O)Nc2ccc(Cl)cc2)c(C)n1-c1cccc([N+](=O)[O-])c1. The summed E-state index contributed by atoms with van der Waals surface area (Å²) in [4.78, 5) is 23.1. The Morgan fingerprint density at radius 2 is 1.90 bits per heavy atom. The maximum Gasteiger partial charge on any atom is 0.271 e. The molecule has 1 aromatic heterocycles. The lowest BCUT2D eigenvalue weighted by molar-refractivity contribution is -0.384. The number of amides is 1. The number of hydrogen-bond acceptors (Lipinski definition) is 4. The fourth-order valence-electron chi connectivity index (χ4n) is 3.11. The Morgan fingerprint density at radius 1 is 1.20 bits per heavy atom. The molecule has 0 spiro atoms. The van der Waals surface area contributed by atoms with E-state index < -0.39 is 10.8 Å². The number of benzene rings is 2. The van der Waals surface area contributed by atoms with Gasteiger partial charge < -0.3 is 9.88 Å². The zero-order chi connectivity index (χ0) is 21.8. The van der Waals surface area contributed by atoms with Crippen LogP contribution in [0.5, 0.6) is 0 Å². The number of carbonyl (C=O) groups is 1. The summed E-state index contributed by atoms with van der Waals surface area (Å²) in [5, 5.41) is 23.8. The van der Waals surface area contributed by atoms with E-state index in [4.69, 9.17) is 11.6 Å². The van der Waals surface area contributed by atoms with Crippen molar-refractivity contribution in [2.75, 3.05) is 5.32 Å². The van der Waals surface area contributed by atoms with E-state index in [2.05, 4.69) is 5.32 Å². The van der Waals surface area contributed by atoms with Crippen molar-refractivity contribution in [1.82, 2.24) is 4.57 Å². The van der Waals surface area contributed by atoms with Crippen LogP contribution in [0.25, 0.3) is 11.8 Å². The van der Waals surface area contributed by atoms with Gasteiger partial charge in [0.1, 0.15) is 11.6 Å². The van der Waals surface area contributed by atoms with Gasteiger partial charge in [0.15, 0.2) is 0 Å². The molecule has 0 unspecified atom stereocenters. The summed E-state index contributed by atoms with van der Waals surface area (Å²) in [7, 11) is 0. The first kappa shape index (κ1) is 20.8. The van der Waals surface area contributed by atoms with Gasteiger partial charge in [0.05, 0.1) is 10.6 Å². The summed E-state index contributed by atoms with van der Waals surface area (Å²) in [5.41, 5.74) is 3.30. The van der Waals surface area contributed by atoms with Crippen molar-refractivity contribution in [1.29, 1.82) is 5.26 Å². The second kappa shape index (κ2) is 8.64. The van der Waals surface area contributed by atoms with Gasteiger partial charge in [-0.1, -0.05) is 17.7 Å². The van der Waals surface area contributed by atoms with E-state index in [1.54, 1.807) is 36.4 Å². The zero-order valence-electron chi connectivity index (χ0n) is 16.2. The van der Waals surface area contributed by atoms with Gasteiger partial charge in [-0.05, 0) is 61.9 Å². The van der Waals surface area contributed by atoms with E-state index in [-0.39, 0.29) is 11.3 Å². The van der Waals surface area contributed by atoms with E-state index in [1.165, 1.54) is 18.2 Å². The van der Waals surface area contributed by atoms with Crippen molar-refractivity contribution in [2.45, 2.75) is 13.8 Å². The Kier molecular flexibility index (Phi) is 6.00. The number of aromatic nitrogens is 1. The summed E-state index contributed by atoms with van der Waals surface area (Å²) in [6.07, 6.45) is 1.50. The molecule has 1 N–H and O–H groups in total. The van der Waals surface area contributed by atoms with Crippen molar-refractivity contribution in [3.63, 3.8) is 0 Å². The molecule has 0 bridgehead atoms. The molecule has 7 nitrogen and oxygen atoms in total. The first-order valence-corrected chi connectivity index (χ1v) is 9.30. The van der Waals surface area contributed by atoms with E-state index in [0.29, 0.717) is 22.0 Å². The first-order chi connectivity index (χ1) is 14.3. The van der Waals surface area contributed by atoms with Crippen molar-refractivity contribution in [2.24, 2.45) is 0 Å². The van der Waals surface area contributed by atoms with E-state index in [0.717, 1.165) is 11.4 Å². The van der Waals surface area contributed by atoms with E-state index in [9.17, 15) is 20.2 Å². The average Bonchev–Trinajstić information content (AvgIpc) is 3.00. The molecular formula is C22H17ClN4O3. The van der Waals surface area contributed by atoms with Crippen LogP contribution in [0.3, 0.4) is 0 Å². The van der Waals surface area contributed by atoms with Crippen LogP contribution in [0.2, 0.25) is 5.02 Å². The minimum Gasteiger partial charge on any atom is -0.321 e. The van der Waals surface area contributed by atoms with E-state index in [1.807, 2.05) is 30.6 Å². The predicted octanol–water partition coefficient (Wildman–Crippen LogP) is 5.20. The summed E-state index contributed by atoms with van der Waals surface area (Å²) in [6, 6.07) is 16.6. The number of nitriles is 1. The molecule has 0 saturated heterocycles. The molecule has 0 atom stereocenters. The second-order valence-corrected chi connectivity index (χ2v) is 7.01. The highest BCUT2D eigenvalue weighted by molar-refractivity contribution is 6.30. The summed E-state index contributed by atoms with van der Waals surface area (Å²) in [5.74, 6) is -0.542. The van der Waals surface area contributed by atoms with Gasteiger partial charge in [0.2, 0.25) is 0 Å². The number of rotatable bonds is 5. The Bertz CT molecular complexity index is 1200. The molecule has 0 aliphatic heterocycles. The minimum absolute atomic E-state index is 0.0165. The first-order valence-electron chi connectivity index (χ1n) is 8.92. The highest BCUT2D eigenvalue weighted by Gasteiger charge is 2.15. The van der Waals surface area contributed by atoms with Crippen LogP contribution in [0.15, 0.2) is 60.2 Å². The van der Waals surface area contributed by atoms with Crippen LogP contribution < -0.4 is 5.32 Å². The Morgan fingerprint density at radius 3 is 2.53 bits per heavy atom. The second-order valence-electron chi connectivity index (χ2n) is 6.57. The third-order valence-electron chi connectivity index (χ3n) is 4.54. The topological polar surface area (TPSA) is 101 Å². The predicted molar refractivity (Wildman–Crippen MR) is 116 cm³/mol. The lowest BCUT2D eigenvalue weighted by Crippen LogP contribution is -2.13. The van der Waals surface area contributed by atoms with Crippen molar-refractivity contribution >= 4 is 35.0 Å². The highest BCUT2D eigenvalue weighted by Crippen LogP contribution is 2.25. The van der Waals surface area contributed by atoms with Gasteiger partial charge in [-0.2, -0.15) is 5.26 Å². The number of nitro benzene ring substituents is 1. The van der Waals surface area contributed by atoms with Gasteiger partial charge in [-0.15, -0.1) is 0 Å². The van der Waals surface area contributed by atoms with Crippen LogP contribution in [0.1, 0.15) is 17.0 Å². The number of hydrogen-bond donors (Lipinski definition) is 1. The van der Waals surface area contributed by atoms with Gasteiger partial charge in [-0.25, -0.2) is 0 Å².